The van der Waals surface area contributed by atoms with Gasteiger partial charge in [0.1, 0.15) is 0 Å². The molecule has 2 N–H and O–H groups in total. The molecule has 82 valence electrons. The van der Waals surface area contributed by atoms with Crippen LogP contribution in [0.5, 0.6) is 5.75 Å². The Kier molecular flexibility index (Phi) is 4.08. The third-order valence-corrected chi connectivity index (χ3v) is 1.95. The Morgan fingerprint density at radius 1 is 1.40 bits per heavy atom. The summed E-state index contributed by atoms with van der Waals surface area (Å²) in [7, 11) is -0.440. The van der Waals surface area contributed by atoms with Crippen molar-refractivity contribution in [3.05, 3.63) is 23.5 Å². The van der Waals surface area contributed by atoms with Crippen molar-refractivity contribution in [1.29, 1.82) is 0 Å². The lowest BCUT2D eigenvalue weighted by atomic mass is 9.77. The largest absolute Gasteiger partial charge is 0.491 e. The average Bonchev–Trinajstić information content (AvgIpc) is 2.16. The van der Waals surface area contributed by atoms with Crippen LogP contribution < -0.4 is 10.2 Å². The highest BCUT2D eigenvalue weighted by Crippen LogP contribution is 2.16. The molecule has 0 aliphatic rings. The van der Waals surface area contributed by atoms with Gasteiger partial charge in [0.25, 0.3) is 0 Å². The van der Waals surface area contributed by atoms with E-state index >= 15 is 0 Å². The smallest absolute Gasteiger partial charge is 0.465 e. The third-order valence-electron chi connectivity index (χ3n) is 1.95. The second-order valence-corrected chi connectivity index (χ2v) is 3.03. The summed E-state index contributed by atoms with van der Waals surface area (Å²) in [6.07, 6.45) is 0. The molecule has 0 heterocycles. The molecule has 0 aromatic heterocycles. The predicted molar refractivity (Wildman–Crippen MR) is 53.5 cm³/mol. The van der Waals surface area contributed by atoms with Gasteiger partial charge in [-0.15, -0.1) is 0 Å². The summed E-state index contributed by atoms with van der Waals surface area (Å²) in [4.78, 5) is 0. The van der Waals surface area contributed by atoms with Crippen LogP contribution in [-0.2, 0) is 4.74 Å². The maximum atomic E-state index is 13.6. The quantitative estimate of drug-likeness (QED) is 0.538. The number of benzene rings is 1. The van der Waals surface area contributed by atoms with E-state index < -0.39 is 12.9 Å². The Morgan fingerprint density at radius 2 is 2.07 bits per heavy atom. The predicted octanol–water partition coefficient (Wildman–Crippen LogP) is -0.203. The van der Waals surface area contributed by atoms with E-state index in [0.29, 0.717) is 5.56 Å². The molecular formula is C9H12BFO4. The molecule has 0 saturated carbocycles. The molecule has 0 aliphatic carbocycles. The molecule has 0 bridgehead atoms. The van der Waals surface area contributed by atoms with E-state index in [-0.39, 0.29) is 18.0 Å². The minimum absolute atomic E-state index is 0.0643. The highest BCUT2D eigenvalue weighted by Gasteiger charge is 2.22. The fraction of sp³-hybridized carbons (Fsp3) is 0.333. The molecule has 0 unspecified atom stereocenters. The van der Waals surface area contributed by atoms with Gasteiger partial charge in [0.2, 0.25) is 0 Å². The summed E-state index contributed by atoms with van der Waals surface area (Å²) in [5, 5.41) is 17.9. The van der Waals surface area contributed by atoms with Gasteiger partial charge in [-0.25, -0.2) is 4.39 Å². The first kappa shape index (κ1) is 12.0. The Balaban J connectivity index is 3.05. The van der Waals surface area contributed by atoms with Crippen molar-refractivity contribution in [1.82, 2.24) is 0 Å². The van der Waals surface area contributed by atoms with Crippen LogP contribution in [-0.4, -0.2) is 31.1 Å². The molecule has 0 amide bonds. The van der Waals surface area contributed by atoms with Crippen LogP contribution in [0, 0.1) is 12.7 Å². The molecule has 0 spiro atoms. The van der Waals surface area contributed by atoms with Crippen LogP contribution in [0.2, 0.25) is 0 Å². The highest BCUT2D eigenvalue weighted by molar-refractivity contribution is 6.59. The van der Waals surface area contributed by atoms with Crippen LogP contribution in [0.25, 0.3) is 0 Å². The van der Waals surface area contributed by atoms with Crippen molar-refractivity contribution in [3.8, 4) is 5.75 Å². The molecule has 1 aromatic carbocycles. The van der Waals surface area contributed by atoms with E-state index in [1.807, 2.05) is 0 Å². The van der Waals surface area contributed by atoms with Crippen LogP contribution in [0.1, 0.15) is 5.56 Å². The molecule has 1 rings (SSSR count). The van der Waals surface area contributed by atoms with Crippen molar-refractivity contribution in [2.24, 2.45) is 0 Å². The summed E-state index contributed by atoms with van der Waals surface area (Å²) in [6.45, 7) is 1.49. The van der Waals surface area contributed by atoms with Crippen molar-refractivity contribution in [3.63, 3.8) is 0 Å². The zero-order chi connectivity index (χ0) is 11.4. The van der Waals surface area contributed by atoms with Crippen molar-refractivity contribution in [2.45, 2.75) is 6.92 Å². The van der Waals surface area contributed by atoms with Crippen LogP contribution in [0.3, 0.4) is 0 Å². The lowest BCUT2D eigenvalue weighted by Gasteiger charge is -2.11. The Bertz CT molecular complexity index is 343. The maximum absolute atomic E-state index is 13.6. The fourth-order valence-electron chi connectivity index (χ4n) is 1.22. The summed E-state index contributed by atoms with van der Waals surface area (Å²) in [5.74, 6) is -0.840. The second-order valence-electron chi connectivity index (χ2n) is 3.03. The standard InChI is InChI=1S/C9H12BFO4/c1-6-3-4-7(15-5-14-2)9(11)8(6)10(12)13/h3-4,12-13H,5H2,1-2H3. The minimum Gasteiger partial charge on any atom is -0.465 e. The average molecular weight is 214 g/mol. The first-order valence-electron chi connectivity index (χ1n) is 4.34. The number of rotatable bonds is 4. The van der Waals surface area contributed by atoms with Gasteiger partial charge in [-0.1, -0.05) is 6.07 Å². The molecule has 0 saturated heterocycles. The molecule has 15 heavy (non-hydrogen) atoms. The molecule has 0 aliphatic heterocycles. The normalized spacial score (nSPS) is 10.2. The number of halogens is 1. The second kappa shape index (κ2) is 5.11. The van der Waals surface area contributed by atoms with E-state index in [0.717, 1.165) is 0 Å². The first-order valence-corrected chi connectivity index (χ1v) is 4.34. The molecule has 0 atom stereocenters. The lowest BCUT2D eigenvalue weighted by molar-refractivity contribution is 0.0484. The van der Waals surface area contributed by atoms with Crippen molar-refractivity contribution >= 4 is 12.6 Å². The van der Waals surface area contributed by atoms with Crippen LogP contribution in [0.15, 0.2) is 12.1 Å². The Hall–Kier alpha value is -1.11. The Labute approximate surface area is 87.4 Å². The molecule has 4 nitrogen and oxygen atoms in total. The van der Waals surface area contributed by atoms with Crippen molar-refractivity contribution in [2.75, 3.05) is 13.9 Å². The first-order chi connectivity index (χ1) is 7.07. The minimum atomic E-state index is -1.85. The number of ether oxygens (including phenoxy) is 2. The van der Waals surface area contributed by atoms with Crippen LogP contribution in [0.4, 0.5) is 4.39 Å². The third kappa shape index (κ3) is 2.68. The topological polar surface area (TPSA) is 58.9 Å². The molecular weight excluding hydrogens is 202 g/mol. The summed E-state index contributed by atoms with van der Waals surface area (Å²) in [6, 6.07) is 2.96. The van der Waals surface area contributed by atoms with Gasteiger partial charge in [-0.05, 0) is 18.6 Å². The molecule has 1 aromatic rings. The van der Waals surface area contributed by atoms with Gasteiger partial charge in [0, 0.05) is 12.6 Å². The van der Waals surface area contributed by atoms with Gasteiger partial charge >= 0.3 is 7.12 Å². The monoisotopic (exact) mass is 214 g/mol. The number of methoxy groups -OCH3 is 1. The van der Waals surface area contributed by atoms with E-state index in [1.165, 1.54) is 13.2 Å². The zero-order valence-electron chi connectivity index (χ0n) is 8.53. The molecule has 0 fully saturated rings. The van der Waals surface area contributed by atoms with Gasteiger partial charge in [0.05, 0.1) is 0 Å². The van der Waals surface area contributed by atoms with E-state index in [9.17, 15) is 4.39 Å². The number of aryl methyl sites for hydroxylation is 1. The van der Waals surface area contributed by atoms with Crippen molar-refractivity contribution < 1.29 is 23.9 Å². The highest BCUT2D eigenvalue weighted by atomic mass is 19.1. The van der Waals surface area contributed by atoms with E-state index in [2.05, 4.69) is 4.74 Å². The van der Waals surface area contributed by atoms with Gasteiger partial charge in [0.15, 0.2) is 18.4 Å². The lowest BCUT2D eigenvalue weighted by Crippen LogP contribution is -2.35. The SMILES string of the molecule is COCOc1ccc(C)c(B(O)O)c1F. The Morgan fingerprint density at radius 3 is 2.60 bits per heavy atom. The van der Waals surface area contributed by atoms with Crippen LogP contribution >= 0.6 is 0 Å². The van der Waals surface area contributed by atoms with Gasteiger partial charge < -0.3 is 19.5 Å². The van der Waals surface area contributed by atoms with Gasteiger partial charge in [-0.3, -0.25) is 0 Å². The maximum Gasteiger partial charge on any atom is 0.491 e. The zero-order valence-corrected chi connectivity index (χ0v) is 8.53. The van der Waals surface area contributed by atoms with E-state index in [1.54, 1.807) is 13.0 Å². The molecule has 6 heteroatoms. The summed E-state index contributed by atoms with van der Waals surface area (Å²) >= 11 is 0. The summed E-state index contributed by atoms with van der Waals surface area (Å²) in [5.41, 5.74) is 0.274. The fourth-order valence-corrected chi connectivity index (χ4v) is 1.22. The van der Waals surface area contributed by atoms with E-state index in [4.69, 9.17) is 14.8 Å². The number of hydrogen-bond donors (Lipinski definition) is 2. The number of hydrogen-bond acceptors (Lipinski definition) is 4. The molecule has 0 radical (unpaired) electrons. The van der Waals surface area contributed by atoms with Gasteiger partial charge in [-0.2, -0.15) is 0 Å². The summed E-state index contributed by atoms with van der Waals surface area (Å²) < 4.78 is 23.1.